The number of nitrogens with zero attached hydrogens (tertiary/aromatic N) is 2. The zero-order chi connectivity index (χ0) is 16.2. The number of rotatable bonds is 8. The van der Waals surface area contributed by atoms with Gasteiger partial charge in [0.05, 0.1) is 16.6 Å². The van der Waals surface area contributed by atoms with Crippen LogP contribution in [0.5, 0.6) is 0 Å². The van der Waals surface area contributed by atoms with Crippen molar-refractivity contribution in [2.75, 3.05) is 6.54 Å². The number of aromatic nitrogens is 2. The second kappa shape index (κ2) is 6.92. The lowest BCUT2D eigenvalue weighted by Crippen LogP contribution is -2.40. The summed E-state index contributed by atoms with van der Waals surface area (Å²) in [4.78, 5) is 11.5. The first-order chi connectivity index (χ1) is 10.6. The molecular weight excluding hydrogens is 278 g/mol. The van der Waals surface area contributed by atoms with Crippen molar-refractivity contribution in [3.8, 4) is 0 Å². The maximum absolute atomic E-state index is 11.5. The van der Waals surface area contributed by atoms with Crippen molar-refractivity contribution in [3.63, 3.8) is 0 Å². The van der Waals surface area contributed by atoms with Gasteiger partial charge in [-0.25, -0.2) is 0 Å². The highest BCUT2D eigenvalue weighted by molar-refractivity contribution is 5.82. The predicted octanol–water partition coefficient (Wildman–Crippen LogP) is 3.04. The van der Waals surface area contributed by atoms with Crippen LogP contribution >= 0.6 is 0 Å². The van der Waals surface area contributed by atoms with Gasteiger partial charge in [0.15, 0.2) is 0 Å². The van der Waals surface area contributed by atoms with E-state index in [1.807, 2.05) is 30.7 Å². The minimum absolute atomic E-state index is 0.461. The highest BCUT2D eigenvalue weighted by atomic mass is 16.4. The van der Waals surface area contributed by atoms with Crippen LogP contribution in [-0.4, -0.2) is 27.4 Å². The average molecular weight is 303 g/mol. The van der Waals surface area contributed by atoms with E-state index in [9.17, 15) is 9.90 Å². The molecule has 1 aromatic carbocycles. The fourth-order valence-corrected chi connectivity index (χ4v) is 2.87. The van der Waals surface area contributed by atoms with Crippen molar-refractivity contribution in [3.05, 3.63) is 30.0 Å². The fourth-order valence-electron chi connectivity index (χ4n) is 2.87. The van der Waals surface area contributed by atoms with E-state index >= 15 is 0 Å². The molecule has 0 aliphatic rings. The first-order valence-electron chi connectivity index (χ1n) is 7.96. The normalized spacial score (nSPS) is 12.0. The summed E-state index contributed by atoms with van der Waals surface area (Å²) in [5.41, 5.74) is 1.41. The summed E-state index contributed by atoms with van der Waals surface area (Å²) in [7, 11) is 0. The molecule has 2 N–H and O–H groups in total. The van der Waals surface area contributed by atoms with Gasteiger partial charge in [-0.05, 0) is 25.8 Å². The maximum Gasteiger partial charge on any atom is 0.310 e. The Bertz CT molecular complexity index is 644. The quantitative estimate of drug-likeness (QED) is 0.786. The zero-order valence-electron chi connectivity index (χ0n) is 13.6. The molecule has 1 aromatic heterocycles. The summed E-state index contributed by atoms with van der Waals surface area (Å²) in [6.45, 7) is 7.80. The minimum atomic E-state index is -0.728. The Labute approximate surface area is 131 Å². The lowest BCUT2D eigenvalue weighted by atomic mass is 9.82. The van der Waals surface area contributed by atoms with Gasteiger partial charge in [-0.3, -0.25) is 9.48 Å². The molecule has 0 aliphatic heterocycles. The SMILES string of the molecule is CCn1nc(CNCC(CC)(CC)C(=O)O)c2ccccc21. The first-order valence-corrected chi connectivity index (χ1v) is 7.96. The van der Waals surface area contributed by atoms with Crippen LogP contribution < -0.4 is 5.32 Å². The van der Waals surface area contributed by atoms with E-state index in [4.69, 9.17) is 0 Å². The highest BCUT2D eigenvalue weighted by Crippen LogP contribution is 2.26. The van der Waals surface area contributed by atoms with Crippen molar-refractivity contribution in [1.82, 2.24) is 15.1 Å². The van der Waals surface area contributed by atoms with Gasteiger partial charge in [0.1, 0.15) is 0 Å². The molecule has 2 aromatic rings. The van der Waals surface area contributed by atoms with Crippen molar-refractivity contribution in [2.45, 2.75) is 46.7 Å². The number of hydrogen-bond acceptors (Lipinski definition) is 3. The molecule has 1 heterocycles. The summed E-state index contributed by atoms with van der Waals surface area (Å²) >= 11 is 0. The van der Waals surface area contributed by atoms with Gasteiger partial charge >= 0.3 is 5.97 Å². The number of aryl methyl sites for hydroxylation is 1. The molecular formula is C17H25N3O2. The summed E-state index contributed by atoms with van der Waals surface area (Å²) in [6.07, 6.45) is 1.24. The van der Waals surface area contributed by atoms with Gasteiger partial charge in [0.25, 0.3) is 0 Å². The van der Waals surface area contributed by atoms with E-state index in [1.54, 1.807) is 0 Å². The molecule has 0 bridgehead atoms. The molecule has 0 saturated carbocycles. The number of fused-ring (bicyclic) bond motifs is 1. The van der Waals surface area contributed by atoms with Crippen molar-refractivity contribution in [2.24, 2.45) is 5.41 Å². The minimum Gasteiger partial charge on any atom is -0.481 e. The number of carbonyl (C=O) groups is 1. The van der Waals surface area contributed by atoms with Crippen LogP contribution in [0.4, 0.5) is 0 Å². The van der Waals surface area contributed by atoms with Crippen LogP contribution in [0.1, 0.15) is 39.3 Å². The number of benzene rings is 1. The Morgan fingerprint density at radius 2 is 1.95 bits per heavy atom. The summed E-state index contributed by atoms with van der Waals surface area (Å²) in [5.74, 6) is -0.728. The third-order valence-electron chi connectivity index (χ3n) is 4.60. The topological polar surface area (TPSA) is 67.2 Å². The zero-order valence-corrected chi connectivity index (χ0v) is 13.6. The van der Waals surface area contributed by atoms with E-state index in [0.29, 0.717) is 25.9 Å². The van der Waals surface area contributed by atoms with E-state index in [1.165, 1.54) is 0 Å². The van der Waals surface area contributed by atoms with Crippen LogP contribution in [-0.2, 0) is 17.9 Å². The van der Waals surface area contributed by atoms with Crippen molar-refractivity contribution in [1.29, 1.82) is 0 Å². The number of nitrogens with one attached hydrogen (secondary N) is 1. The predicted molar refractivity (Wildman–Crippen MR) is 87.8 cm³/mol. The third-order valence-corrected chi connectivity index (χ3v) is 4.60. The Balaban J connectivity index is 2.14. The standard InChI is InChI=1S/C17H25N3O2/c1-4-17(5-2,16(21)22)12-18-11-14-13-9-7-8-10-15(13)20(6-3)19-14/h7-10,18H,4-6,11-12H2,1-3H3,(H,21,22). The molecule has 2 rings (SSSR count). The van der Waals surface area contributed by atoms with E-state index in [0.717, 1.165) is 23.1 Å². The summed E-state index contributed by atoms with van der Waals surface area (Å²) in [5, 5.41) is 18.5. The number of hydrogen-bond donors (Lipinski definition) is 2. The highest BCUT2D eigenvalue weighted by Gasteiger charge is 2.34. The lowest BCUT2D eigenvalue weighted by molar-refractivity contribution is -0.149. The van der Waals surface area contributed by atoms with Crippen LogP contribution in [0.3, 0.4) is 0 Å². The molecule has 120 valence electrons. The Kier molecular flexibility index (Phi) is 5.19. The van der Waals surface area contributed by atoms with Gasteiger partial charge in [-0.15, -0.1) is 0 Å². The lowest BCUT2D eigenvalue weighted by Gasteiger charge is -2.26. The molecule has 0 spiro atoms. The van der Waals surface area contributed by atoms with Crippen molar-refractivity contribution < 1.29 is 9.90 Å². The smallest absolute Gasteiger partial charge is 0.310 e. The summed E-state index contributed by atoms with van der Waals surface area (Å²) < 4.78 is 1.98. The van der Waals surface area contributed by atoms with Crippen LogP contribution in [0, 0.1) is 5.41 Å². The molecule has 5 nitrogen and oxygen atoms in total. The largest absolute Gasteiger partial charge is 0.481 e. The Hall–Kier alpha value is -1.88. The molecule has 0 saturated heterocycles. The third kappa shape index (κ3) is 2.99. The second-order valence-corrected chi connectivity index (χ2v) is 5.68. The average Bonchev–Trinajstić information content (AvgIpc) is 2.90. The Morgan fingerprint density at radius 1 is 1.27 bits per heavy atom. The number of carboxylic acids is 1. The molecule has 5 heteroatoms. The van der Waals surface area contributed by atoms with Crippen molar-refractivity contribution >= 4 is 16.9 Å². The van der Waals surface area contributed by atoms with Gasteiger partial charge in [-0.2, -0.15) is 5.10 Å². The maximum atomic E-state index is 11.5. The van der Waals surface area contributed by atoms with Gasteiger partial charge in [-0.1, -0.05) is 32.0 Å². The van der Waals surface area contributed by atoms with Gasteiger partial charge in [0, 0.05) is 25.0 Å². The van der Waals surface area contributed by atoms with Crippen LogP contribution in [0.15, 0.2) is 24.3 Å². The van der Waals surface area contributed by atoms with Crippen LogP contribution in [0.2, 0.25) is 0 Å². The number of aliphatic carboxylic acids is 1. The second-order valence-electron chi connectivity index (χ2n) is 5.68. The fraction of sp³-hybridized carbons (Fsp3) is 0.529. The van der Waals surface area contributed by atoms with Crippen LogP contribution in [0.25, 0.3) is 10.9 Å². The number of para-hydroxylation sites is 1. The Morgan fingerprint density at radius 3 is 2.55 bits per heavy atom. The monoisotopic (exact) mass is 303 g/mol. The molecule has 0 radical (unpaired) electrons. The molecule has 0 aliphatic carbocycles. The van der Waals surface area contributed by atoms with E-state index < -0.39 is 11.4 Å². The summed E-state index contributed by atoms with van der Waals surface area (Å²) in [6, 6.07) is 8.15. The number of carboxylic acid groups (broad SMARTS) is 1. The van der Waals surface area contributed by atoms with E-state index in [2.05, 4.69) is 29.5 Å². The molecule has 22 heavy (non-hydrogen) atoms. The molecule has 0 fully saturated rings. The van der Waals surface area contributed by atoms with E-state index in [-0.39, 0.29) is 0 Å². The first kappa shape index (κ1) is 16.5. The van der Waals surface area contributed by atoms with Gasteiger partial charge < -0.3 is 10.4 Å². The molecule has 0 amide bonds. The molecule has 0 unspecified atom stereocenters. The van der Waals surface area contributed by atoms with Gasteiger partial charge in [0.2, 0.25) is 0 Å². The molecule has 0 atom stereocenters.